The molecule has 1 aliphatic rings. The van der Waals surface area contributed by atoms with Gasteiger partial charge in [0.25, 0.3) is 0 Å². The van der Waals surface area contributed by atoms with Gasteiger partial charge in [0.1, 0.15) is 0 Å². The van der Waals surface area contributed by atoms with E-state index in [0.29, 0.717) is 13.1 Å². The molecule has 1 aromatic heterocycles. The van der Waals surface area contributed by atoms with Crippen molar-refractivity contribution in [1.82, 2.24) is 20.1 Å². The minimum Gasteiger partial charge on any atom is -0.344 e. The summed E-state index contributed by atoms with van der Waals surface area (Å²) in [4.78, 5) is 20.4. The van der Waals surface area contributed by atoms with Crippen LogP contribution in [0.5, 0.6) is 0 Å². The van der Waals surface area contributed by atoms with E-state index in [0.717, 1.165) is 38.4 Å². The fraction of sp³-hybridized carbons (Fsp3) is 0.467. The van der Waals surface area contributed by atoms with Gasteiger partial charge in [-0.2, -0.15) is 0 Å². The van der Waals surface area contributed by atoms with Crippen LogP contribution >= 0.6 is 0 Å². The summed E-state index contributed by atoms with van der Waals surface area (Å²) in [5.74, 6) is 2.41. The third-order valence-corrected chi connectivity index (χ3v) is 3.33. The van der Waals surface area contributed by atoms with E-state index in [2.05, 4.69) is 26.0 Å². The van der Waals surface area contributed by atoms with Gasteiger partial charge >= 0.3 is 0 Å². The number of nitrogens with one attached hydrogen (secondary N) is 1. The molecule has 1 fully saturated rings. The Morgan fingerprint density at radius 2 is 2.05 bits per heavy atom. The monoisotopic (exact) mass is 272 g/mol. The van der Waals surface area contributed by atoms with Crippen molar-refractivity contribution in [1.29, 1.82) is 0 Å². The molecule has 2 heterocycles. The van der Waals surface area contributed by atoms with E-state index in [9.17, 15) is 4.79 Å². The summed E-state index contributed by atoms with van der Waals surface area (Å²) in [5.41, 5.74) is 1.09. The molecule has 5 nitrogen and oxygen atoms in total. The first-order valence-corrected chi connectivity index (χ1v) is 6.82. The predicted molar refractivity (Wildman–Crippen MR) is 77.8 cm³/mol. The number of piperazine rings is 1. The van der Waals surface area contributed by atoms with Gasteiger partial charge < -0.3 is 5.32 Å². The zero-order valence-electron chi connectivity index (χ0n) is 11.6. The van der Waals surface area contributed by atoms with E-state index in [1.165, 1.54) is 0 Å². The number of carbonyl (C=O) groups excluding carboxylic acids is 1. The van der Waals surface area contributed by atoms with Crippen LogP contribution in [0.15, 0.2) is 24.4 Å². The average molecular weight is 272 g/mol. The van der Waals surface area contributed by atoms with Crippen molar-refractivity contribution in [3.8, 4) is 12.3 Å². The summed E-state index contributed by atoms with van der Waals surface area (Å²) in [6, 6.07) is 5.98. The highest BCUT2D eigenvalue weighted by molar-refractivity contribution is 5.78. The van der Waals surface area contributed by atoms with Gasteiger partial charge in [0.15, 0.2) is 0 Å². The number of aromatic nitrogens is 1. The van der Waals surface area contributed by atoms with E-state index in [1.807, 2.05) is 24.4 Å². The molecular formula is C15H20N4O. The Balaban J connectivity index is 1.70. The highest BCUT2D eigenvalue weighted by Gasteiger charge is 2.18. The lowest BCUT2D eigenvalue weighted by Gasteiger charge is -2.34. The van der Waals surface area contributed by atoms with E-state index in [-0.39, 0.29) is 5.91 Å². The largest absolute Gasteiger partial charge is 0.344 e. The number of nitrogens with zero attached hydrogens (tertiary/aromatic N) is 3. The molecule has 0 bridgehead atoms. The lowest BCUT2D eigenvalue weighted by Crippen LogP contribution is -2.49. The smallest absolute Gasteiger partial charge is 0.234 e. The van der Waals surface area contributed by atoms with Crippen molar-refractivity contribution in [2.75, 3.05) is 39.3 Å². The van der Waals surface area contributed by atoms with Crippen molar-refractivity contribution in [2.24, 2.45) is 0 Å². The number of carbonyl (C=O) groups is 1. The molecule has 2 rings (SSSR count). The van der Waals surface area contributed by atoms with Crippen LogP contribution in [0.4, 0.5) is 0 Å². The van der Waals surface area contributed by atoms with Gasteiger partial charge in [-0.05, 0) is 12.1 Å². The molecule has 0 saturated carbocycles. The molecule has 0 unspecified atom stereocenters. The molecule has 0 spiro atoms. The highest BCUT2D eigenvalue weighted by atomic mass is 16.2. The first-order chi connectivity index (χ1) is 9.78. The van der Waals surface area contributed by atoms with Gasteiger partial charge in [-0.25, -0.2) is 0 Å². The Morgan fingerprint density at radius 1 is 1.30 bits per heavy atom. The molecule has 0 radical (unpaired) electrons. The Labute approximate surface area is 120 Å². The Morgan fingerprint density at radius 3 is 2.70 bits per heavy atom. The molecule has 0 aliphatic carbocycles. The molecule has 106 valence electrons. The fourth-order valence-corrected chi connectivity index (χ4v) is 2.23. The van der Waals surface area contributed by atoms with Crippen molar-refractivity contribution in [3.63, 3.8) is 0 Å². The summed E-state index contributed by atoms with van der Waals surface area (Å²) in [6.07, 6.45) is 6.93. The fourth-order valence-electron chi connectivity index (χ4n) is 2.23. The van der Waals surface area contributed by atoms with Crippen LogP contribution in [0.1, 0.15) is 5.69 Å². The van der Waals surface area contributed by atoms with Crippen LogP contribution in [0, 0.1) is 12.3 Å². The lowest BCUT2D eigenvalue weighted by atomic mass is 10.2. The van der Waals surface area contributed by atoms with Gasteiger partial charge in [0, 0.05) is 38.9 Å². The summed E-state index contributed by atoms with van der Waals surface area (Å²) in [7, 11) is 0. The number of pyridine rings is 1. The summed E-state index contributed by atoms with van der Waals surface area (Å²) >= 11 is 0. The quantitative estimate of drug-likeness (QED) is 0.764. The molecule has 1 amide bonds. The van der Waals surface area contributed by atoms with Crippen molar-refractivity contribution >= 4 is 5.91 Å². The Kier molecular flexibility index (Phi) is 5.54. The minimum atomic E-state index is 0.00104. The maximum Gasteiger partial charge on any atom is 0.234 e. The lowest BCUT2D eigenvalue weighted by molar-refractivity contribution is -0.122. The van der Waals surface area contributed by atoms with Gasteiger partial charge in [0.05, 0.1) is 18.8 Å². The average Bonchev–Trinajstić information content (AvgIpc) is 2.48. The predicted octanol–water partition coefficient (Wildman–Crippen LogP) is -0.0514. The third kappa shape index (κ3) is 4.65. The van der Waals surface area contributed by atoms with Gasteiger partial charge in [0.2, 0.25) is 5.91 Å². The molecule has 1 saturated heterocycles. The first kappa shape index (κ1) is 14.5. The van der Waals surface area contributed by atoms with Crippen LogP contribution < -0.4 is 5.32 Å². The minimum absolute atomic E-state index is 0.00104. The molecule has 0 aromatic carbocycles. The third-order valence-electron chi connectivity index (χ3n) is 3.33. The maximum absolute atomic E-state index is 11.6. The van der Waals surface area contributed by atoms with E-state index < -0.39 is 0 Å². The van der Waals surface area contributed by atoms with Crippen molar-refractivity contribution < 1.29 is 4.79 Å². The number of rotatable bonds is 5. The van der Waals surface area contributed by atoms with Gasteiger partial charge in [-0.3, -0.25) is 19.6 Å². The van der Waals surface area contributed by atoms with Crippen molar-refractivity contribution in [2.45, 2.75) is 6.54 Å². The van der Waals surface area contributed by atoms with Crippen LogP contribution in [-0.2, 0) is 11.3 Å². The topological polar surface area (TPSA) is 48.5 Å². The van der Waals surface area contributed by atoms with Crippen LogP contribution in [0.2, 0.25) is 0 Å². The number of terminal acetylenes is 1. The SMILES string of the molecule is C#CCNC(=O)CN1CCN(Cc2ccccn2)CC1. The second-order valence-electron chi connectivity index (χ2n) is 4.85. The summed E-state index contributed by atoms with van der Waals surface area (Å²) in [6.45, 7) is 5.32. The molecule has 1 N–H and O–H groups in total. The summed E-state index contributed by atoms with van der Waals surface area (Å²) < 4.78 is 0. The van der Waals surface area contributed by atoms with E-state index >= 15 is 0 Å². The van der Waals surface area contributed by atoms with Gasteiger partial charge in [-0.1, -0.05) is 12.0 Å². The normalized spacial score (nSPS) is 16.6. The Hall–Kier alpha value is -1.90. The zero-order chi connectivity index (χ0) is 14.2. The number of hydrogen-bond acceptors (Lipinski definition) is 4. The highest BCUT2D eigenvalue weighted by Crippen LogP contribution is 2.06. The molecule has 5 heteroatoms. The van der Waals surface area contributed by atoms with Crippen molar-refractivity contribution in [3.05, 3.63) is 30.1 Å². The van der Waals surface area contributed by atoms with E-state index in [1.54, 1.807) is 0 Å². The van der Waals surface area contributed by atoms with Crippen LogP contribution in [0.25, 0.3) is 0 Å². The molecule has 1 aromatic rings. The van der Waals surface area contributed by atoms with E-state index in [4.69, 9.17) is 6.42 Å². The maximum atomic E-state index is 11.6. The second kappa shape index (κ2) is 7.63. The molecule has 0 atom stereocenters. The molecular weight excluding hydrogens is 252 g/mol. The summed E-state index contributed by atoms with van der Waals surface area (Å²) in [5, 5.41) is 2.69. The molecule has 1 aliphatic heterocycles. The zero-order valence-corrected chi connectivity index (χ0v) is 11.6. The number of hydrogen-bond donors (Lipinski definition) is 1. The first-order valence-electron chi connectivity index (χ1n) is 6.82. The molecule has 20 heavy (non-hydrogen) atoms. The van der Waals surface area contributed by atoms with Crippen LogP contribution in [0.3, 0.4) is 0 Å². The van der Waals surface area contributed by atoms with Gasteiger partial charge in [-0.15, -0.1) is 6.42 Å². The standard InChI is InChI=1S/C15H20N4O/c1-2-6-17-15(20)13-19-10-8-18(9-11-19)12-14-5-3-4-7-16-14/h1,3-5,7H,6,8-13H2,(H,17,20). The Bertz CT molecular complexity index is 461. The van der Waals surface area contributed by atoms with Crippen LogP contribution in [-0.4, -0.2) is 60.0 Å². The number of amides is 1. The second-order valence-corrected chi connectivity index (χ2v) is 4.85.